The molecule has 0 aliphatic carbocycles. The molecule has 0 aliphatic heterocycles. The number of carbonyl (C=O) groups excluding carboxylic acids is 1. The summed E-state index contributed by atoms with van der Waals surface area (Å²) in [4.78, 5) is 21.6. The van der Waals surface area contributed by atoms with Crippen LogP contribution in [0.25, 0.3) is 11.1 Å². The first-order chi connectivity index (χ1) is 15.9. The zero-order chi connectivity index (χ0) is 23.4. The van der Waals surface area contributed by atoms with E-state index in [1.807, 2.05) is 44.2 Å². The van der Waals surface area contributed by atoms with Crippen molar-refractivity contribution in [3.05, 3.63) is 76.8 Å². The average Bonchev–Trinajstić information content (AvgIpc) is 3.25. The van der Waals surface area contributed by atoms with Gasteiger partial charge in [0.15, 0.2) is 0 Å². The molecule has 0 fully saturated rings. The van der Waals surface area contributed by atoms with Crippen molar-refractivity contribution in [2.24, 2.45) is 0 Å². The number of methoxy groups -OCH3 is 1. The van der Waals surface area contributed by atoms with Crippen LogP contribution in [0.2, 0.25) is 5.02 Å². The molecule has 0 radical (unpaired) electrons. The number of aryl methyl sites for hydroxylation is 1. The van der Waals surface area contributed by atoms with Gasteiger partial charge >= 0.3 is 0 Å². The first-order valence-corrected chi connectivity index (χ1v) is 11.2. The van der Waals surface area contributed by atoms with Crippen LogP contribution in [0, 0.1) is 6.92 Å². The number of aromatic nitrogens is 4. The summed E-state index contributed by atoms with van der Waals surface area (Å²) >= 11 is 7.00. The number of hydrogen-bond acceptors (Lipinski definition) is 8. The van der Waals surface area contributed by atoms with Crippen LogP contribution in [0.15, 0.2) is 54.9 Å². The topological polar surface area (TPSA) is 99.1 Å². The second-order valence-electron chi connectivity index (χ2n) is 7.06. The fourth-order valence-electron chi connectivity index (χ4n) is 3.14. The Bertz CT molecular complexity index is 1280. The van der Waals surface area contributed by atoms with Crippen molar-refractivity contribution in [2.45, 2.75) is 20.0 Å². The van der Waals surface area contributed by atoms with Crippen LogP contribution in [-0.4, -0.2) is 33.2 Å². The third-order valence-electron chi connectivity index (χ3n) is 4.75. The Balaban J connectivity index is 1.53. The van der Waals surface area contributed by atoms with Gasteiger partial charge in [-0.3, -0.25) is 20.1 Å². The number of amides is 1. The summed E-state index contributed by atoms with van der Waals surface area (Å²) in [5.74, 6) is 0.298. The molecule has 0 unspecified atom stereocenters. The van der Waals surface area contributed by atoms with Crippen molar-refractivity contribution in [2.75, 3.05) is 12.4 Å². The Labute approximate surface area is 199 Å². The molecule has 168 valence electrons. The minimum absolute atomic E-state index is 0.304. The van der Waals surface area contributed by atoms with Crippen LogP contribution in [0.5, 0.6) is 10.9 Å². The lowest BCUT2D eigenvalue weighted by Crippen LogP contribution is -2.14. The van der Waals surface area contributed by atoms with Crippen molar-refractivity contribution in [1.29, 1.82) is 0 Å². The highest BCUT2D eigenvalue weighted by Gasteiger charge is 2.19. The molecule has 0 spiro atoms. The summed E-state index contributed by atoms with van der Waals surface area (Å²) in [7, 11) is 1.59. The van der Waals surface area contributed by atoms with Crippen molar-refractivity contribution in [1.82, 2.24) is 20.2 Å². The van der Waals surface area contributed by atoms with Gasteiger partial charge < -0.3 is 9.47 Å². The van der Waals surface area contributed by atoms with Gasteiger partial charge in [-0.2, -0.15) is 0 Å². The lowest BCUT2D eigenvalue weighted by atomic mass is 9.99. The van der Waals surface area contributed by atoms with E-state index in [9.17, 15) is 4.79 Å². The predicted octanol–water partition coefficient (Wildman–Crippen LogP) is 5.36. The lowest BCUT2D eigenvalue weighted by Gasteiger charge is -2.13. The second-order valence-corrected chi connectivity index (χ2v) is 8.44. The van der Waals surface area contributed by atoms with Crippen molar-refractivity contribution < 1.29 is 14.3 Å². The molecule has 8 nitrogen and oxygen atoms in total. The highest BCUT2D eigenvalue weighted by atomic mass is 35.5. The van der Waals surface area contributed by atoms with Gasteiger partial charge in [0.1, 0.15) is 11.9 Å². The number of hydrogen-bond donors (Lipinski definition) is 1. The lowest BCUT2D eigenvalue weighted by molar-refractivity contribution is 0.102. The molecule has 0 aliphatic rings. The molecule has 1 atom stereocenters. The largest absolute Gasteiger partial charge is 0.496 e. The van der Waals surface area contributed by atoms with E-state index in [4.69, 9.17) is 21.1 Å². The van der Waals surface area contributed by atoms with Gasteiger partial charge in [-0.05, 0) is 49.4 Å². The number of rotatable bonds is 7. The van der Waals surface area contributed by atoms with Gasteiger partial charge in [-0.1, -0.05) is 34.9 Å². The van der Waals surface area contributed by atoms with Gasteiger partial charge in [0.25, 0.3) is 11.1 Å². The first kappa shape index (κ1) is 22.6. The molecule has 0 bridgehead atoms. The Morgan fingerprint density at radius 3 is 2.67 bits per heavy atom. The molecule has 33 heavy (non-hydrogen) atoms. The van der Waals surface area contributed by atoms with E-state index in [2.05, 4.69) is 25.5 Å². The number of pyridine rings is 2. The smallest absolute Gasteiger partial charge is 0.296 e. The van der Waals surface area contributed by atoms with Crippen LogP contribution in [0.1, 0.15) is 34.8 Å². The average molecular weight is 482 g/mol. The maximum atomic E-state index is 13.1. The molecule has 3 heterocycles. The van der Waals surface area contributed by atoms with Crippen LogP contribution in [0.3, 0.4) is 0 Å². The summed E-state index contributed by atoms with van der Waals surface area (Å²) in [5.41, 5.74) is 3.37. The minimum atomic E-state index is -0.364. The summed E-state index contributed by atoms with van der Waals surface area (Å²) in [6.45, 7) is 3.71. The van der Waals surface area contributed by atoms with E-state index >= 15 is 0 Å². The second kappa shape index (κ2) is 9.93. The predicted molar refractivity (Wildman–Crippen MR) is 127 cm³/mol. The van der Waals surface area contributed by atoms with Crippen molar-refractivity contribution >= 4 is 34.0 Å². The number of benzene rings is 1. The Morgan fingerprint density at radius 2 is 1.91 bits per heavy atom. The fraction of sp³-hybridized carbons (Fsp3) is 0.174. The fourth-order valence-corrected chi connectivity index (χ4v) is 3.92. The van der Waals surface area contributed by atoms with Crippen molar-refractivity contribution in [3.8, 4) is 22.1 Å². The van der Waals surface area contributed by atoms with Gasteiger partial charge in [0, 0.05) is 29.2 Å². The SMILES string of the molecule is COc1ccccc1-c1cc(C)ncc1C(=O)Nc1nnc(O[C@@H](C)c2ccc(Cl)cn2)s1. The Hall–Kier alpha value is -3.56. The minimum Gasteiger partial charge on any atom is -0.496 e. The molecule has 1 amide bonds. The molecular formula is C23H20ClN5O3S. The quantitative estimate of drug-likeness (QED) is 0.379. The molecule has 0 saturated heterocycles. The van der Waals surface area contributed by atoms with E-state index < -0.39 is 0 Å². The number of anilines is 1. The molecule has 1 N–H and O–H groups in total. The van der Waals surface area contributed by atoms with E-state index in [1.54, 1.807) is 31.6 Å². The van der Waals surface area contributed by atoms with Gasteiger partial charge in [0.05, 0.1) is 23.4 Å². The normalized spacial score (nSPS) is 11.6. The van der Waals surface area contributed by atoms with Crippen LogP contribution < -0.4 is 14.8 Å². The van der Waals surface area contributed by atoms with Crippen LogP contribution >= 0.6 is 22.9 Å². The standard InChI is InChI=1S/C23H20ClN5O3S/c1-13-10-17(16-6-4-5-7-20(16)31-3)18(12-25-13)21(30)27-22-28-29-23(33-22)32-14(2)19-9-8-15(24)11-26-19/h4-12,14H,1-3H3,(H,27,28,30)/t14-/m0/s1. The summed E-state index contributed by atoms with van der Waals surface area (Å²) in [6.07, 6.45) is 2.73. The third-order valence-corrected chi connectivity index (χ3v) is 5.71. The summed E-state index contributed by atoms with van der Waals surface area (Å²) < 4.78 is 11.3. The van der Waals surface area contributed by atoms with Gasteiger partial charge in [-0.25, -0.2) is 0 Å². The van der Waals surface area contributed by atoms with E-state index in [0.29, 0.717) is 37.9 Å². The molecule has 4 rings (SSSR count). The number of para-hydroxylation sites is 1. The molecular weight excluding hydrogens is 462 g/mol. The number of nitrogens with one attached hydrogen (secondary N) is 1. The maximum Gasteiger partial charge on any atom is 0.296 e. The maximum absolute atomic E-state index is 13.1. The number of nitrogens with zero attached hydrogens (tertiary/aromatic N) is 4. The highest BCUT2D eigenvalue weighted by Crippen LogP contribution is 2.33. The summed E-state index contributed by atoms with van der Waals surface area (Å²) in [5, 5.41) is 12.0. The zero-order valence-electron chi connectivity index (χ0n) is 18.1. The molecule has 4 aromatic rings. The molecule has 1 aromatic carbocycles. The number of carbonyl (C=O) groups is 1. The molecule has 0 saturated carbocycles. The first-order valence-electron chi connectivity index (χ1n) is 9.97. The zero-order valence-corrected chi connectivity index (χ0v) is 19.6. The van der Waals surface area contributed by atoms with Crippen LogP contribution in [0.4, 0.5) is 5.13 Å². The Morgan fingerprint density at radius 1 is 1.09 bits per heavy atom. The third kappa shape index (κ3) is 5.27. The van der Waals surface area contributed by atoms with Gasteiger partial charge in [-0.15, -0.1) is 5.10 Å². The van der Waals surface area contributed by atoms with Crippen LogP contribution in [-0.2, 0) is 0 Å². The number of ether oxygens (including phenoxy) is 2. The van der Waals surface area contributed by atoms with E-state index in [1.165, 1.54) is 0 Å². The van der Waals surface area contributed by atoms with E-state index in [0.717, 1.165) is 22.6 Å². The number of halogens is 1. The molecule has 3 aromatic heterocycles. The summed E-state index contributed by atoms with van der Waals surface area (Å²) in [6, 6.07) is 12.9. The highest BCUT2D eigenvalue weighted by molar-refractivity contribution is 7.17. The van der Waals surface area contributed by atoms with Gasteiger partial charge in [0.2, 0.25) is 5.13 Å². The molecule has 10 heteroatoms. The van der Waals surface area contributed by atoms with Crippen molar-refractivity contribution in [3.63, 3.8) is 0 Å². The van der Waals surface area contributed by atoms with E-state index in [-0.39, 0.29) is 12.0 Å². The Kier molecular flexibility index (Phi) is 6.81. The monoisotopic (exact) mass is 481 g/mol.